The highest BCUT2D eigenvalue weighted by atomic mass is 32.1. The number of amides is 1. The zero-order valence-corrected chi connectivity index (χ0v) is 21.9. The number of fused-ring (bicyclic) bond motifs is 1. The van der Waals surface area contributed by atoms with Crippen molar-refractivity contribution in [3.63, 3.8) is 0 Å². The molecule has 2 aromatic heterocycles. The third-order valence-corrected chi connectivity index (χ3v) is 6.94. The normalized spacial score (nSPS) is 18.5. The lowest BCUT2D eigenvalue weighted by atomic mass is 9.90. The first-order valence-electron chi connectivity index (χ1n) is 12.4. The molecule has 1 N–H and O–H groups in total. The number of hydrogen-bond acceptors (Lipinski definition) is 7. The summed E-state index contributed by atoms with van der Waals surface area (Å²) in [5.41, 5.74) is 3.44. The molecule has 35 heavy (non-hydrogen) atoms. The van der Waals surface area contributed by atoms with E-state index in [-0.39, 0.29) is 12.1 Å². The van der Waals surface area contributed by atoms with Gasteiger partial charge in [-0.05, 0) is 77.6 Å². The van der Waals surface area contributed by atoms with Crippen LogP contribution in [0.1, 0.15) is 63.9 Å². The number of alkyl carbamates (subject to hydrolysis) is 1. The summed E-state index contributed by atoms with van der Waals surface area (Å²) in [4.78, 5) is 25.2. The molecule has 1 aliphatic carbocycles. The molecule has 1 fully saturated rings. The number of aromatic nitrogens is 2. The third-order valence-electron chi connectivity index (χ3n) is 6.17. The highest BCUT2D eigenvalue weighted by Crippen LogP contribution is 2.28. The van der Waals surface area contributed by atoms with E-state index in [0.717, 1.165) is 61.1 Å². The SMILES string of the molecule is CCOc1ccc2nc(CN(Cc3cncs3)C3CCC(NC(=O)OC(C)(C)C)CC3)ccc2c1. The summed E-state index contributed by atoms with van der Waals surface area (Å²) in [7, 11) is 0. The van der Waals surface area contributed by atoms with Crippen molar-refractivity contribution >= 4 is 28.3 Å². The van der Waals surface area contributed by atoms with Gasteiger partial charge in [0.2, 0.25) is 0 Å². The van der Waals surface area contributed by atoms with Crippen molar-refractivity contribution in [1.29, 1.82) is 0 Å². The van der Waals surface area contributed by atoms with Crippen molar-refractivity contribution in [2.45, 2.75) is 84.2 Å². The molecule has 0 atom stereocenters. The minimum absolute atomic E-state index is 0.157. The highest BCUT2D eigenvalue weighted by molar-refractivity contribution is 7.09. The molecule has 7 nitrogen and oxygen atoms in total. The molecule has 1 aromatic carbocycles. The molecule has 3 aromatic rings. The predicted octanol–water partition coefficient (Wildman–Crippen LogP) is 5.93. The Morgan fingerprint density at radius 2 is 1.94 bits per heavy atom. The van der Waals surface area contributed by atoms with Gasteiger partial charge in [0.05, 0.1) is 23.3 Å². The Balaban J connectivity index is 1.42. The number of pyridine rings is 1. The summed E-state index contributed by atoms with van der Waals surface area (Å²) in [5.74, 6) is 0.873. The van der Waals surface area contributed by atoms with E-state index in [1.807, 2.05) is 57.6 Å². The number of ether oxygens (including phenoxy) is 2. The smallest absolute Gasteiger partial charge is 0.407 e. The maximum atomic E-state index is 12.2. The molecule has 0 saturated heterocycles. The minimum Gasteiger partial charge on any atom is -0.494 e. The average molecular weight is 497 g/mol. The standard InChI is InChI=1S/C27H36N4O3S/c1-5-33-23-12-13-25-19(14-23)6-7-21(29-25)16-31(17-24-15-28-18-35-24)22-10-8-20(9-11-22)30-26(32)34-27(2,3)4/h6-7,12-15,18,20,22H,5,8-11,16-17H2,1-4H3,(H,30,32). The molecule has 8 heteroatoms. The Labute approximate surface area is 211 Å². The first-order valence-corrected chi connectivity index (χ1v) is 13.3. The second kappa shape index (κ2) is 11.4. The number of rotatable bonds is 8. The van der Waals surface area contributed by atoms with Gasteiger partial charge in [-0.1, -0.05) is 6.07 Å². The Kier molecular flexibility index (Phi) is 8.23. The van der Waals surface area contributed by atoms with E-state index in [1.165, 1.54) is 4.88 Å². The van der Waals surface area contributed by atoms with Crippen LogP contribution in [0.15, 0.2) is 42.0 Å². The van der Waals surface area contributed by atoms with E-state index in [9.17, 15) is 4.79 Å². The van der Waals surface area contributed by atoms with Gasteiger partial charge in [-0.3, -0.25) is 14.9 Å². The van der Waals surface area contributed by atoms with Crippen molar-refractivity contribution < 1.29 is 14.3 Å². The first-order chi connectivity index (χ1) is 16.8. The number of nitrogens with zero attached hydrogens (tertiary/aromatic N) is 3. The van der Waals surface area contributed by atoms with Crippen molar-refractivity contribution in [3.05, 3.63) is 52.6 Å². The van der Waals surface area contributed by atoms with Gasteiger partial charge < -0.3 is 14.8 Å². The minimum atomic E-state index is -0.482. The molecule has 2 heterocycles. The van der Waals surface area contributed by atoms with Crippen molar-refractivity contribution in [1.82, 2.24) is 20.2 Å². The van der Waals surface area contributed by atoms with Crippen LogP contribution in [0.4, 0.5) is 4.79 Å². The number of carbonyl (C=O) groups excluding carboxylic acids is 1. The molecule has 1 amide bonds. The van der Waals surface area contributed by atoms with Crippen LogP contribution in [0.5, 0.6) is 5.75 Å². The fourth-order valence-corrected chi connectivity index (χ4v) is 5.21. The lowest BCUT2D eigenvalue weighted by Gasteiger charge is -2.37. The predicted molar refractivity (Wildman–Crippen MR) is 140 cm³/mol. The van der Waals surface area contributed by atoms with Crippen molar-refractivity contribution in [2.75, 3.05) is 6.61 Å². The summed E-state index contributed by atoms with van der Waals surface area (Å²) < 4.78 is 11.1. The summed E-state index contributed by atoms with van der Waals surface area (Å²) in [6.45, 7) is 9.93. The molecule has 1 saturated carbocycles. The summed E-state index contributed by atoms with van der Waals surface area (Å²) in [6.07, 6.45) is 5.55. The van der Waals surface area contributed by atoms with Gasteiger partial charge in [0.1, 0.15) is 11.4 Å². The van der Waals surface area contributed by atoms with Crippen LogP contribution in [0.3, 0.4) is 0 Å². The lowest BCUT2D eigenvalue weighted by molar-refractivity contribution is 0.0473. The van der Waals surface area contributed by atoms with Crippen molar-refractivity contribution in [3.8, 4) is 5.75 Å². The molecule has 0 aliphatic heterocycles. The molecular formula is C27H36N4O3S. The van der Waals surface area contributed by atoms with E-state index in [2.05, 4.69) is 27.3 Å². The van der Waals surface area contributed by atoms with Gasteiger partial charge in [-0.15, -0.1) is 11.3 Å². The Bertz CT molecular complexity index is 1110. The van der Waals surface area contributed by atoms with Crippen LogP contribution in [0.2, 0.25) is 0 Å². The molecule has 0 spiro atoms. The van der Waals surface area contributed by atoms with Crippen LogP contribution >= 0.6 is 11.3 Å². The van der Waals surface area contributed by atoms with Crippen LogP contribution in [-0.2, 0) is 17.8 Å². The molecular weight excluding hydrogens is 460 g/mol. The number of hydrogen-bond donors (Lipinski definition) is 1. The molecule has 0 bridgehead atoms. The zero-order valence-electron chi connectivity index (χ0n) is 21.1. The van der Waals surface area contributed by atoms with Gasteiger partial charge in [-0.25, -0.2) is 4.79 Å². The third kappa shape index (κ3) is 7.39. The lowest BCUT2D eigenvalue weighted by Crippen LogP contribution is -2.45. The van der Waals surface area contributed by atoms with Crippen LogP contribution in [0.25, 0.3) is 10.9 Å². The largest absolute Gasteiger partial charge is 0.494 e. The van der Waals surface area contributed by atoms with Gasteiger partial charge in [0.25, 0.3) is 0 Å². The van der Waals surface area contributed by atoms with Gasteiger partial charge in [0, 0.05) is 41.6 Å². The second-order valence-corrected chi connectivity index (χ2v) is 11.1. The highest BCUT2D eigenvalue weighted by Gasteiger charge is 2.28. The van der Waals surface area contributed by atoms with Crippen LogP contribution in [0, 0.1) is 0 Å². The summed E-state index contributed by atoms with van der Waals surface area (Å²) in [6, 6.07) is 10.9. The van der Waals surface area contributed by atoms with Gasteiger partial charge in [0.15, 0.2) is 0 Å². The Morgan fingerprint density at radius 1 is 1.14 bits per heavy atom. The topological polar surface area (TPSA) is 76.6 Å². The number of carbonyl (C=O) groups is 1. The monoisotopic (exact) mass is 496 g/mol. The molecule has 1 aliphatic rings. The molecule has 0 unspecified atom stereocenters. The van der Waals surface area contributed by atoms with E-state index < -0.39 is 5.60 Å². The van der Waals surface area contributed by atoms with E-state index in [0.29, 0.717) is 12.6 Å². The summed E-state index contributed by atoms with van der Waals surface area (Å²) >= 11 is 1.69. The van der Waals surface area contributed by atoms with E-state index in [1.54, 1.807) is 11.3 Å². The first kappa shape index (κ1) is 25.4. The molecule has 188 valence electrons. The Morgan fingerprint density at radius 3 is 2.63 bits per heavy atom. The average Bonchev–Trinajstić information content (AvgIpc) is 3.31. The van der Waals surface area contributed by atoms with Gasteiger partial charge in [-0.2, -0.15) is 0 Å². The number of nitrogens with one attached hydrogen (secondary N) is 1. The molecule has 4 rings (SSSR count). The van der Waals surface area contributed by atoms with E-state index in [4.69, 9.17) is 14.5 Å². The van der Waals surface area contributed by atoms with Gasteiger partial charge >= 0.3 is 6.09 Å². The summed E-state index contributed by atoms with van der Waals surface area (Å²) in [5, 5.41) is 4.14. The fourth-order valence-electron chi connectivity index (χ4n) is 4.59. The second-order valence-electron chi connectivity index (χ2n) is 10.1. The van der Waals surface area contributed by atoms with Crippen LogP contribution < -0.4 is 10.1 Å². The number of thiazole rings is 1. The Hall–Kier alpha value is -2.71. The quantitative estimate of drug-likeness (QED) is 0.417. The maximum Gasteiger partial charge on any atom is 0.407 e. The van der Waals surface area contributed by atoms with E-state index >= 15 is 0 Å². The fraction of sp³-hybridized carbons (Fsp3) is 0.519. The maximum absolute atomic E-state index is 12.2. The number of benzene rings is 1. The zero-order chi connectivity index (χ0) is 24.8. The van der Waals surface area contributed by atoms with Crippen LogP contribution in [-0.4, -0.2) is 45.3 Å². The van der Waals surface area contributed by atoms with Crippen molar-refractivity contribution in [2.24, 2.45) is 0 Å². The molecule has 0 radical (unpaired) electrons.